The van der Waals surface area contributed by atoms with E-state index in [1.54, 1.807) is 0 Å². The van der Waals surface area contributed by atoms with Crippen molar-refractivity contribution in [1.82, 2.24) is 10.2 Å². The lowest BCUT2D eigenvalue weighted by Gasteiger charge is -2.36. The van der Waals surface area contributed by atoms with Gasteiger partial charge in [-0.3, -0.25) is 4.90 Å². The Morgan fingerprint density at radius 3 is 2.31 bits per heavy atom. The fourth-order valence-corrected chi connectivity index (χ4v) is 3.24. The zero-order valence-electron chi connectivity index (χ0n) is 16.5. The van der Waals surface area contributed by atoms with Crippen LogP contribution in [0.4, 0.5) is 5.69 Å². The van der Waals surface area contributed by atoms with E-state index in [4.69, 9.17) is 4.74 Å². The second kappa shape index (κ2) is 8.69. The number of ether oxygens (including phenoxy) is 1. The second-order valence-corrected chi connectivity index (χ2v) is 10.2. The number of rotatable bonds is 7. The number of hydrogen-bond donors (Lipinski definition) is 3. The highest BCUT2D eigenvalue weighted by atomic mass is 32.2. The monoisotopic (exact) mass is 383 g/mol. The van der Waals surface area contributed by atoms with Crippen molar-refractivity contribution in [3.05, 3.63) is 24.3 Å². The maximum Gasteiger partial charge on any atom is 0.130 e. The first-order valence-electron chi connectivity index (χ1n) is 9.17. The molecule has 6 nitrogen and oxygen atoms in total. The number of hydrogen-bond acceptors (Lipinski definition) is 5. The van der Waals surface area contributed by atoms with Gasteiger partial charge in [0.05, 0.1) is 4.75 Å². The minimum atomic E-state index is -1.17. The summed E-state index contributed by atoms with van der Waals surface area (Å²) < 4.78 is 20.9. The van der Waals surface area contributed by atoms with Gasteiger partial charge in [-0.25, -0.2) is 4.21 Å². The average Bonchev–Trinajstić information content (AvgIpc) is 2.56. The lowest BCUT2D eigenvalue weighted by atomic mass is 10.0. The van der Waals surface area contributed by atoms with Gasteiger partial charge in [-0.2, -0.15) is 0 Å². The standard InChI is InChI=1S/C19H33N3O3S/c1-18(2,3)26(24)21-15-6-8-16(9-7-15)25-19(4,5)17(23)14-22-12-10-20-11-13-22/h6-9,17,20-21,23H,10-14H2,1-5H3. The van der Waals surface area contributed by atoms with Crippen LogP contribution in [0.2, 0.25) is 0 Å². The molecule has 0 amide bonds. The van der Waals surface area contributed by atoms with Crippen LogP contribution in [0.25, 0.3) is 0 Å². The Labute approximate surface area is 159 Å². The smallest absolute Gasteiger partial charge is 0.130 e. The van der Waals surface area contributed by atoms with Crippen molar-refractivity contribution >= 4 is 16.7 Å². The van der Waals surface area contributed by atoms with Gasteiger partial charge in [0.15, 0.2) is 0 Å². The van der Waals surface area contributed by atoms with Crippen LogP contribution in [0.15, 0.2) is 24.3 Å². The third-order valence-corrected chi connectivity index (χ3v) is 5.98. The molecule has 2 atom stereocenters. The Morgan fingerprint density at radius 2 is 1.77 bits per heavy atom. The largest absolute Gasteiger partial charge is 0.485 e. The van der Waals surface area contributed by atoms with E-state index in [-0.39, 0.29) is 4.75 Å². The summed E-state index contributed by atoms with van der Waals surface area (Å²) in [5, 5.41) is 13.9. The summed E-state index contributed by atoms with van der Waals surface area (Å²) in [5.74, 6) is 0.682. The van der Waals surface area contributed by atoms with Gasteiger partial charge in [0, 0.05) is 38.4 Å². The highest BCUT2D eigenvalue weighted by Crippen LogP contribution is 2.24. The first-order valence-corrected chi connectivity index (χ1v) is 10.3. The zero-order chi connectivity index (χ0) is 19.4. The molecule has 0 radical (unpaired) electrons. The quantitative estimate of drug-likeness (QED) is 0.671. The predicted octanol–water partition coefficient (Wildman–Crippen LogP) is 1.98. The van der Waals surface area contributed by atoms with Crippen molar-refractivity contribution in [1.29, 1.82) is 0 Å². The van der Waals surface area contributed by atoms with Crippen LogP contribution in [-0.2, 0) is 11.0 Å². The maximum absolute atomic E-state index is 12.2. The van der Waals surface area contributed by atoms with Gasteiger partial charge in [-0.05, 0) is 58.9 Å². The molecule has 0 saturated carbocycles. The molecule has 0 spiro atoms. The fraction of sp³-hybridized carbons (Fsp3) is 0.684. The van der Waals surface area contributed by atoms with E-state index in [1.807, 2.05) is 58.9 Å². The van der Waals surface area contributed by atoms with Gasteiger partial charge in [0.25, 0.3) is 0 Å². The number of nitrogens with one attached hydrogen (secondary N) is 2. The highest BCUT2D eigenvalue weighted by molar-refractivity contribution is 7.87. The van der Waals surface area contributed by atoms with Crippen LogP contribution in [0.3, 0.4) is 0 Å². The van der Waals surface area contributed by atoms with Crippen LogP contribution < -0.4 is 14.8 Å². The molecule has 7 heteroatoms. The summed E-state index contributed by atoms with van der Waals surface area (Å²) in [5.41, 5.74) is 0.0819. The Kier molecular flexibility index (Phi) is 7.07. The normalized spacial score (nSPS) is 19.0. The van der Waals surface area contributed by atoms with E-state index < -0.39 is 22.7 Å². The molecule has 0 aromatic heterocycles. The molecule has 1 fully saturated rings. The van der Waals surface area contributed by atoms with E-state index in [1.165, 1.54) is 0 Å². The lowest BCUT2D eigenvalue weighted by molar-refractivity contribution is -0.0455. The number of β-amino-alcohol motifs (C(OH)–C–C–N with tert-alkyl or cyclic N) is 1. The molecule has 0 bridgehead atoms. The van der Waals surface area contributed by atoms with Gasteiger partial charge >= 0.3 is 0 Å². The van der Waals surface area contributed by atoms with Crippen LogP contribution in [0.5, 0.6) is 5.75 Å². The van der Waals surface area contributed by atoms with Crippen molar-refractivity contribution in [2.75, 3.05) is 37.4 Å². The highest BCUT2D eigenvalue weighted by Gasteiger charge is 2.32. The Balaban J connectivity index is 1.92. The number of aliphatic hydroxyl groups excluding tert-OH is 1. The van der Waals surface area contributed by atoms with E-state index in [0.29, 0.717) is 12.3 Å². The molecule has 148 valence electrons. The van der Waals surface area contributed by atoms with Crippen LogP contribution in [-0.4, -0.2) is 63.4 Å². The van der Waals surface area contributed by atoms with Crippen LogP contribution in [0, 0.1) is 0 Å². The molecular formula is C19H33N3O3S. The Morgan fingerprint density at radius 1 is 1.19 bits per heavy atom. The van der Waals surface area contributed by atoms with E-state index >= 15 is 0 Å². The fourth-order valence-electron chi connectivity index (χ4n) is 2.58. The number of piperazine rings is 1. The van der Waals surface area contributed by atoms with Gasteiger partial charge in [0.1, 0.15) is 28.4 Å². The first kappa shape index (κ1) is 21.2. The van der Waals surface area contributed by atoms with Gasteiger partial charge < -0.3 is 19.9 Å². The summed E-state index contributed by atoms with van der Waals surface area (Å²) in [6.07, 6.45) is -0.591. The maximum atomic E-state index is 12.2. The van der Waals surface area contributed by atoms with Gasteiger partial charge in [-0.1, -0.05) is 0 Å². The molecule has 2 rings (SSSR count). The van der Waals surface area contributed by atoms with E-state index in [0.717, 1.165) is 31.9 Å². The molecule has 1 heterocycles. The van der Waals surface area contributed by atoms with Gasteiger partial charge in [0.2, 0.25) is 0 Å². The summed E-state index contributed by atoms with van der Waals surface area (Å²) >= 11 is 0. The van der Waals surface area contributed by atoms with Crippen molar-refractivity contribution in [3.8, 4) is 5.75 Å². The Hall–Kier alpha value is -1.15. The van der Waals surface area contributed by atoms with Crippen molar-refractivity contribution in [3.63, 3.8) is 0 Å². The molecular weight excluding hydrogens is 350 g/mol. The summed E-state index contributed by atoms with van der Waals surface area (Å²) in [7, 11) is -1.17. The Bertz CT molecular complexity index is 593. The predicted molar refractivity (Wildman–Crippen MR) is 108 cm³/mol. The van der Waals surface area contributed by atoms with Crippen LogP contribution >= 0.6 is 0 Å². The minimum absolute atomic E-state index is 0.328. The molecule has 1 saturated heterocycles. The molecule has 1 aliphatic heterocycles. The molecule has 1 aromatic rings. The van der Waals surface area contributed by atoms with Crippen molar-refractivity contribution < 1.29 is 14.1 Å². The third-order valence-electron chi connectivity index (χ3n) is 4.45. The molecule has 1 aliphatic rings. The molecule has 2 unspecified atom stereocenters. The molecule has 26 heavy (non-hydrogen) atoms. The lowest BCUT2D eigenvalue weighted by Crippen LogP contribution is -2.52. The van der Waals surface area contributed by atoms with E-state index in [2.05, 4.69) is 14.9 Å². The third kappa shape index (κ3) is 6.23. The molecule has 1 aromatic carbocycles. The SMILES string of the molecule is CC(C)(Oc1ccc(NS(=O)C(C)(C)C)cc1)C(O)CN1CCNCC1. The van der Waals surface area contributed by atoms with E-state index in [9.17, 15) is 9.32 Å². The number of benzene rings is 1. The summed E-state index contributed by atoms with van der Waals surface area (Å²) in [6, 6.07) is 7.36. The number of anilines is 1. The zero-order valence-corrected chi connectivity index (χ0v) is 17.4. The van der Waals surface area contributed by atoms with Crippen molar-refractivity contribution in [2.24, 2.45) is 0 Å². The number of aliphatic hydroxyl groups is 1. The molecule has 0 aliphatic carbocycles. The van der Waals surface area contributed by atoms with Gasteiger partial charge in [-0.15, -0.1) is 0 Å². The summed E-state index contributed by atoms with van der Waals surface area (Å²) in [4.78, 5) is 2.25. The average molecular weight is 384 g/mol. The minimum Gasteiger partial charge on any atom is -0.485 e. The summed E-state index contributed by atoms with van der Waals surface area (Å²) in [6.45, 7) is 14.0. The topological polar surface area (TPSA) is 73.8 Å². The first-order chi connectivity index (χ1) is 12.1. The number of nitrogens with zero attached hydrogens (tertiary/aromatic N) is 1. The molecule has 3 N–H and O–H groups in total. The van der Waals surface area contributed by atoms with Crippen LogP contribution in [0.1, 0.15) is 34.6 Å². The van der Waals surface area contributed by atoms with Crippen molar-refractivity contribution in [2.45, 2.75) is 51.1 Å². The second-order valence-electron chi connectivity index (χ2n) is 8.28.